The van der Waals surface area contributed by atoms with Crippen molar-refractivity contribution in [1.29, 1.82) is 0 Å². The molecule has 22 heavy (non-hydrogen) atoms. The minimum atomic E-state index is -0.0525. The van der Waals surface area contributed by atoms with E-state index in [0.717, 1.165) is 38.6 Å². The lowest BCUT2D eigenvalue weighted by atomic mass is 10.2. The highest BCUT2D eigenvalue weighted by molar-refractivity contribution is 5.94. The third-order valence-corrected chi connectivity index (χ3v) is 3.50. The van der Waals surface area contributed by atoms with Crippen LogP contribution in [0.3, 0.4) is 0 Å². The van der Waals surface area contributed by atoms with E-state index < -0.39 is 0 Å². The van der Waals surface area contributed by atoms with Crippen LogP contribution in [-0.2, 0) is 4.74 Å². The molecule has 1 fully saturated rings. The maximum Gasteiger partial charge on any atom is 0.251 e. The highest BCUT2D eigenvalue weighted by Crippen LogP contribution is 2.14. The Morgan fingerprint density at radius 2 is 2.14 bits per heavy atom. The second kappa shape index (κ2) is 8.76. The third-order valence-electron chi connectivity index (χ3n) is 3.50. The molecule has 0 aromatic heterocycles. The summed E-state index contributed by atoms with van der Waals surface area (Å²) >= 11 is 0. The minimum absolute atomic E-state index is 0.0525. The van der Waals surface area contributed by atoms with Gasteiger partial charge in [0.05, 0.1) is 19.8 Å². The zero-order valence-electron chi connectivity index (χ0n) is 13.5. The van der Waals surface area contributed by atoms with Crippen molar-refractivity contribution in [2.45, 2.75) is 13.8 Å². The predicted molar refractivity (Wildman–Crippen MR) is 86.4 cm³/mol. The molecule has 0 radical (unpaired) electrons. The van der Waals surface area contributed by atoms with Gasteiger partial charge in [0, 0.05) is 31.7 Å². The van der Waals surface area contributed by atoms with Crippen molar-refractivity contribution in [3.8, 4) is 5.75 Å². The monoisotopic (exact) mass is 306 g/mol. The number of ether oxygens (including phenoxy) is 2. The summed E-state index contributed by atoms with van der Waals surface area (Å²) in [6, 6.07) is 7.35. The van der Waals surface area contributed by atoms with Crippen LogP contribution in [0.1, 0.15) is 24.2 Å². The van der Waals surface area contributed by atoms with Crippen LogP contribution in [-0.4, -0.2) is 56.8 Å². The van der Waals surface area contributed by atoms with Gasteiger partial charge in [-0.15, -0.1) is 0 Å². The topological polar surface area (TPSA) is 50.8 Å². The molecular weight excluding hydrogens is 280 g/mol. The number of carbonyl (C=O) groups is 1. The molecule has 0 bridgehead atoms. The van der Waals surface area contributed by atoms with Gasteiger partial charge in [0.2, 0.25) is 0 Å². The SMILES string of the molecule is CC(C)COc1cccc(C(=O)NCCN2CCOCC2)c1. The van der Waals surface area contributed by atoms with Crippen molar-refractivity contribution in [3.05, 3.63) is 29.8 Å². The highest BCUT2D eigenvalue weighted by Gasteiger charge is 2.11. The summed E-state index contributed by atoms with van der Waals surface area (Å²) in [5, 5.41) is 2.96. The summed E-state index contributed by atoms with van der Waals surface area (Å²) in [5.74, 6) is 1.16. The fourth-order valence-corrected chi connectivity index (χ4v) is 2.24. The Hall–Kier alpha value is -1.59. The first-order valence-electron chi connectivity index (χ1n) is 7.96. The van der Waals surface area contributed by atoms with E-state index in [1.165, 1.54) is 0 Å². The van der Waals surface area contributed by atoms with Gasteiger partial charge in [-0.2, -0.15) is 0 Å². The molecule has 0 atom stereocenters. The average molecular weight is 306 g/mol. The molecule has 1 aromatic rings. The number of nitrogens with zero attached hydrogens (tertiary/aromatic N) is 1. The van der Waals surface area contributed by atoms with E-state index in [2.05, 4.69) is 24.1 Å². The average Bonchev–Trinajstić information content (AvgIpc) is 2.54. The van der Waals surface area contributed by atoms with Crippen molar-refractivity contribution in [3.63, 3.8) is 0 Å². The number of rotatable bonds is 7. The van der Waals surface area contributed by atoms with Gasteiger partial charge in [-0.3, -0.25) is 9.69 Å². The van der Waals surface area contributed by atoms with Crippen LogP contribution in [0.4, 0.5) is 0 Å². The van der Waals surface area contributed by atoms with E-state index in [4.69, 9.17) is 9.47 Å². The van der Waals surface area contributed by atoms with Gasteiger partial charge < -0.3 is 14.8 Å². The quantitative estimate of drug-likeness (QED) is 0.834. The van der Waals surface area contributed by atoms with Gasteiger partial charge in [-0.25, -0.2) is 0 Å². The first-order valence-corrected chi connectivity index (χ1v) is 7.96. The molecule has 1 saturated heterocycles. The van der Waals surface area contributed by atoms with Gasteiger partial charge in [0.25, 0.3) is 5.91 Å². The third kappa shape index (κ3) is 5.66. The smallest absolute Gasteiger partial charge is 0.251 e. The number of carbonyl (C=O) groups excluding carboxylic acids is 1. The van der Waals surface area contributed by atoms with Crippen LogP contribution < -0.4 is 10.1 Å². The van der Waals surface area contributed by atoms with E-state index in [0.29, 0.717) is 24.6 Å². The maximum absolute atomic E-state index is 12.2. The van der Waals surface area contributed by atoms with Crippen LogP contribution >= 0.6 is 0 Å². The zero-order chi connectivity index (χ0) is 15.8. The molecule has 2 rings (SSSR count). The van der Waals surface area contributed by atoms with Crippen molar-refractivity contribution in [1.82, 2.24) is 10.2 Å². The second-order valence-corrected chi connectivity index (χ2v) is 5.94. The number of nitrogens with one attached hydrogen (secondary N) is 1. The first-order chi connectivity index (χ1) is 10.6. The fraction of sp³-hybridized carbons (Fsp3) is 0.588. The summed E-state index contributed by atoms with van der Waals surface area (Å²) in [7, 11) is 0. The molecular formula is C17H26N2O3. The zero-order valence-corrected chi connectivity index (χ0v) is 13.5. The Morgan fingerprint density at radius 1 is 1.36 bits per heavy atom. The summed E-state index contributed by atoms with van der Waals surface area (Å²) in [6.07, 6.45) is 0. The number of morpholine rings is 1. The molecule has 0 spiro atoms. The van der Waals surface area contributed by atoms with Gasteiger partial charge >= 0.3 is 0 Å². The molecule has 5 nitrogen and oxygen atoms in total. The van der Waals surface area contributed by atoms with E-state index in [-0.39, 0.29) is 5.91 Å². The highest BCUT2D eigenvalue weighted by atomic mass is 16.5. The van der Waals surface area contributed by atoms with Gasteiger partial charge in [0.1, 0.15) is 5.75 Å². The molecule has 1 N–H and O–H groups in total. The van der Waals surface area contributed by atoms with Crippen LogP contribution in [0.5, 0.6) is 5.75 Å². The molecule has 1 heterocycles. The van der Waals surface area contributed by atoms with Crippen molar-refractivity contribution < 1.29 is 14.3 Å². The fourth-order valence-electron chi connectivity index (χ4n) is 2.24. The summed E-state index contributed by atoms with van der Waals surface area (Å²) in [5.41, 5.74) is 0.642. The Kier molecular flexibility index (Phi) is 6.68. The predicted octanol–water partition coefficient (Wildman–Crippen LogP) is 1.78. The normalized spacial score (nSPS) is 15.8. The number of hydrogen-bond acceptors (Lipinski definition) is 4. The molecule has 1 aromatic carbocycles. The van der Waals surface area contributed by atoms with Gasteiger partial charge in [-0.05, 0) is 24.1 Å². The molecule has 5 heteroatoms. The van der Waals surface area contributed by atoms with Crippen molar-refractivity contribution in [2.24, 2.45) is 5.92 Å². The lowest BCUT2D eigenvalue weighted by molar-refractivity contribution is 0.0383. The second-order valence-electron chi connectivity index (χ2n) is 5.94. The molecule has 0 aliphatic carbocycles. The Balaban J connectivity index is 1.77. The molecule has 1 amide bonds. The van der Waals surface area contributed by atoms with E-state index in [1.54, 1.807) is 6.07 Å². The molecule has 122 valence electrons. The minimum Gasteiger partial charge on any atom is -0.493 e. The summed E-state index contributed by atoms with van der Waals surface area (Å²) < 4.78 is 11.0. The Labute approximate surface area is 132 Å². The van der Waals surface area contributed by atoms with Crippen LogP contribution in [0.15, 0.2) is 24.3 Å². The summed E-state index contributed by atoms with van der Waals surface area (Å²) in [4.78, 5) is 14.5. The first kappa shape index (κ1) is 16.8. The van der Waals surface area contributed by atoms with Crippen molar-refractivity contribution >= 4 is 5.91 Å². The molecule has 0 saturated carbocycles. The Bertz CT molecular complexity index is 471. The standard InChI is InChI=1S/C17H26N2O3/c1-14(2)13-22-16-5-3-4-15(12-16)17(20)18-6-7-19-8-10-21-11-9-19/h3-5,12,14H,6-11,13H2,1-2H3,(H,18,20). The van der Waals surface area contributed by atoms with E-state index in [9.17, 15) is 4.79 Å². The van der Waals surface area contributed by atoms with Gasteiger partial charge in [0.15, 0.2) is 0 Å². The van der Waals surface area contributed by atoms with E-state index in [1.807, 2.05) is 18.2 Å². The van der Waals surface area contributed by atoms with Crippen LogP contribution in [0, 0.1) is 5.92 Å². The number of hydrogen-bond donors (Lipinski definition) is 1. The maximum atomic E-state index is 12.2. The molecule has 1 aliphatic heterocycles. The van der Waals surface area contributed by atoms with E-state index >= 15 is 0 Å². The van der Waals surface area contributed by atoms with Crippen LogP contribution in [0.2, 0.25) is 0 Å². The van der Waals surface area contributed by atoms with Crippen LogP contribution in [0.25, 0.3) is 0 Å². The number of amides is 1. The lowest BCUT2D eigenvalue weighted by Crippen LogP contribution is -2.41. The lowest BCUT2D eigenvalue weighted by Gasteiger charge is -2.26. The van der Waals surface area contributed by atoms with Crippen molar-refractivity contribution in [2.75, 3.05) is 46.0 Å². The molecule has 0 unspecified atom stereocenters. The van der Waals surface area contributed by atoms with Gasteiger partial charge in [-0.1, -0.05) is 19.9 Å². The number of benzene rings is 1. The Morgan fingerprint density at radius 3 is 2.86 bits per heavy atom. The summed E-state index contributed by atoms with van der Waals surface area (Å²) in [6.45, 7) is 9.80. The largest absolute Gasteiger partial charge is 0.493 e. The molecule has 1 aliphatic rings.